The van der Waals surface area contributed by atoms with Crippen LogP contribution in [0.2, 0.25) is 0 Å². The van der Waals surface area contributed by atoms with Crippen LogP contribution in [0.5, 0.6) is 5.75 Å². The Bertz CT molecular complexity index is 736. The van der Waals surface area contributed by atoms with Gasteiger partial charge in [0.1, 0.15) is 11.3 Å². The lowest BCUT2D eigenvalue weighted by Gasteiger charge is -2.32. The summed E-state index contributed by atoms with van der Waals surface area (Å²) in [4.78, 5) is 13.6. The number of ether oxygens (including phenoxy) is 2. The zero-order chi connectivity index (χ0) is 17.8. The van der Waals surface area contributed by atoms with Gasteiger partial charge in [-0.25, -0.2) is 4.79 Å². The second-order valence-corrected chi connectivity index (χ2v) is 6.17. The molecule has 1 fully saturated rings. The number of aromatic carboxylic acids is 1. The maximum atomic E-state index is 11.2. The SMILES string of the molecule is COc1cc(-c2ccc([C@H](C)N3CCOCC3)cc2)ccc1C(=O)O. The average Bonchev–Trinajstić information content (AvgIpc) is 2.67. The Balaban J connectivity index is 1.81. The summed E-state index contributed by atoms with van der Waals surface area (Å²) in [7, 11) is 1.48. The second-order valence-electron chi connectivity index (χ2n) is 6.17. The molecule has 5 heteroatoms. The number of benzene rings is 2. The molecule has 1 heterocycles. The highest BCUT2D eigenvalue weighted by atomic mass is 16.5. The standard InChI is InChI=1S/C20H23NO4/c1-14(21-9-11-25-12-10-21)15-3-5-16(6-4-15)17-7-8-18(20(22)23)19(13-17)24-2/h3-8,13-14H,9-12H2,1-2H3,(H,22,23)/t14-/m0/s1. The monoisotopic (exact) mass is 341 g/mol. The van der Waals surface area contributed by atoms with E-state index in [1.165, 1.54) is 12.7 Å². The highest BCUT2D eigenvalue weighted by Gasteiger charge is 2.18. The zero-order valence-corrected chi connectivity index (χ0v) is 14.6. The number of rotatable bonds is 5. The Hall–Kier alpha value is -2.37. The Labute approximate surface area is 147 Å². The van der Waals surface area contributed by atoms with Crippen molar-refractivity contribution in [3.8, 4) is 16.9 Å². The molecule has 3 rings (SSSR count). The minimum Gasteiger partial charge on any atom is -0.496 e. The first-order chi connectivity index (χ1) is 12.1. The Morgan fingerprint density at radius 2 is 1.76 bits per heavy atom. The van der Waals surface area contributed by atoms with E-state index in [0.717, 1.165) is 37.4 Å². The maximum absolute atomic E-state index is 11.2. The number of morpholine rings is 1. The van der Waals surface area contributed by atoms with E-state index in [4.69, 9.17) is 9.47 Å². The van der Waals surface area contributed by atoms with Crippen LogP contribution in [0.4, 0.5) is 0 Å². The molecule has 2 aromatic rings. The quantitative estimate of drug-likeness (QED) is 0.902. The molecule has 1 aliphatic heterocycles. The number of methoxy groups -OCH3 is 1. The number of hydrogen-bond acceptors (Lipinski definition) is 4. The smallest absolute Gasteiger partial charge is 0.339 e. The van der Waals surface area contributed by atoms with Gasteiger partial charge >= 0.3 is 5.97 Å². The summed E-state index contributed by atoms with van der Waals surface area (Å²) >= 11 is 0. The van der Waals surface area contributed by atoms with Gasteiger partial charge in [-0.05, 0) is 35.7 Å². The van der Waals surface area contributed by atoms with Crippen LogP contribution in [0.3, 0.4) is 0 Å². The summed E-state index contributed by atoms with van der Waals surface area (Å²) in [5, 5.41) is 9.19. The van der Waals surface area contributed by atoms with Crippen molar-refractivity contribution < 1.29 is 19.4 Å². The van der Waals surface area contributed by atoms with Crippen LogP contribution < -0.4 is 4.74 Å². The van der Waals surface area contributed by atoms with Gasteiger partial charge in [0.15, 0.2) is 0 Å². The molecule has 132 valence electrons. The van der Waals surface area contributed by atoms with Crippen molar-refractivity contribution in [3.05, 3.63) is 53.6 Å². The summed E-state index contributed by atoms with van der Waals surface area (Å²) < 4.78 is 10.6. The van der Waals surface area contributed by atoms with Crippen LogP contribution in [0.15, 0.2) is 42.5 Å². The highest BCUT2D eigenvalue weighted by molar-refractivity contribution is 5.92. The fraction of sp³-hybridized carbons (Fsp3) is 0.350. The summed E-state index contributed by atoms with van der Waals surface area (Å²) in [5.74, 6) is -0.617. The molecule has 25 heavy (non-hydrogen) atoms. The normalized spacial score (nSPS) is 16.4. The molecule has 1 N–H and O–H groups in total. The Morgan fingerprint density at radius 1 is 1.12 bits per heavy atom. The predicted octanol–water partition coefficient (Wildman–Crippen LogP) is 3.45. The second kappa shape index (κ2) is 7.68. The molecule has 1 atom stereocenters. The van der Waals surface area contributed by atoms with Gasteiger partial charge in [0.05, 0.1) is 20.3 Å². The van der Waals surface area contributed by atoms with Gasteiger partial charge in [0.2, 0.25) is 0 Å². The van der Waals surface area contributed by atoms with Gasteiger partial charge in [-0.2, -0.15) is 0 Å². The molecule has 0 aromatic heterocycles. The topological polar surface area (TPSA) is 59.0 Å². The molecule has 0 aliphatic carbocycles. The van der Waals surface area contributed by atoms with Crippen molar-refractivity contribution in [3.63, 3.8) is 0 Å². The van der Waals surface area contributed by atoms with Gasteiger partial charge in [0.25, 0.3) is 0 Å². The summed E-state index contributed by atoms with van der Waals surface area (Å²) in [6, 6.07) is 13.9. The van der Waals surface area contributed by atoms with Crippen LogP contribution >= 0.6 is 0 Å². The lowest BCUT2D eigenvalue weighted by molar-refractivity contribution is 0.0198. The van der Waals surface area contributed by atoms with E-state index in [1.54, 1.807) is 12.1 Å². The third kappa shape index (κ3) is 3.83. The molecular weight excluding hydrogens is 318 g/mol. The van der Waals surface area contributed by atoms with Gasteiger partial charge in [-0.3, -0.25) is 4.90 Å². The number of carboxylic acid groups (broad SMARTS) is 1. The van der Waals surface area contributed by atoms with E-state index >= 15 is 0 Å². The van der Waals surface area contributed by atoms with Crippen LogP contribution in [0, 0.1) is 0 Å². The summed E-state index contributed by atoms with van der Waals surface area (Å²) in [6.45, 7) is 5.70. The Kier molecular flexibility index (Phi) is 5.36. The van der Waals surface area contributed by atoms with Crippen molar-refractivity contribution in [1.82, 2.24) is 4.90 Å². The maximum Gasteiger partial charge on any atom is 0.339 e. The van der Waals surface area contributed by atoms with E-state index in [0.29, 0.717) is 11.8 Å². The summed E-state index contributed by atoms with van der Waals surface area (Å²) in [5.41, 5.74) is 3.41. The minimum atomic E-state index is -0.988. The van der Waals surface area contributed by atoms with Crippen molar-refractivity contribution in [2.24, 2.45) is 0 Å². The van der Waals surface area contributed by atoms with Crippen LogP contribution in [-0.2, 0) is 4.74 Å². The molecule has 5 nitrogen and oxygen atoms in total. The first-order valence-corrected chi connectivity index (χ1v) is 8.43. The molecule has 1 saturated heterocycles. The number of carboxylic acids is 1. The first-order valence-electron chi connectivity index (χ1n) is 8.43. The number of hydrogen-bond donors (Lipinski definition) is 1. The number of carbonyl (C=O) groups is 1. The van der Waals surface area contributed by atoms with E-state index in [2.05, 4.69) is 36.1 Å². The van der Waals surface area contributed by atoms with E-state index in [1.807, 2.05) is 6.07 Å². The van der Waals surface area contributed by atoms with Crippen molar-refractivity contribution in [2.75, 3.05) is 33.4 Å². The van der Waals surface area contributed by atoms with Crippen molar-refractivity contribution in [2.45, 2.75) is 13.0 Å². The molecule has 0 unspecified atom stereocenters. The molecule has 2 aromatic carbocycles. The van der Waals surface area contributed by atoms with Crippen molar-refractivity contribution >= 4 is 5.97 Å². The van der Waals surface area contributed by atoms with Gasteiger partial charge < -0.3 is 14.6 Å². The Morgan fingerprint density at radius 3 is 2.36 bits per heavy atom. The third-order valence-corrected chi connectivity index (χ3v) is 4.75. The lowest BCUT2D eigenvalue weighted by atomic mass is 9.99. The van der Waals surface area contributed by atoms with Gasteiger partial charge in [0, 0.05) is 19.1 Å². The zero-order valence-electron chi connectivity index (χ0n) is 14.6. The molecule has 0 amide bonds. The largest absolute Gasteiger partial charge is 0.496 e. The van der Waals surface area contributed by atoms with E-state index in [9.17, 15) is 9.90 Å². The minimum absolute atomic E-state index is 0.170. The fourth-order valence-electron chi connectivity index (χ4n) is 3.18. The van der Waals surface area contributed by atoms with Crippen LogP contribution in [0.1, 0.15) is 28.9 Å². The molecule has 1 aliphatic rings. The average molecular weight is 341 g/mol. The van der Waals surface area contributed by atoms with Gasteiger partial charge in [-0.15, -0.1) is 0 Å². The molecule has 0 saturated carbocycles. The van der Waals surface area contributed by atoms with Gasteiger partial charge in [-0.1, -0.05) is 30.3 Å². The fourth-order valence-corrected chi connectivity index (χ4v) is 3.18. The van der Waals surface area contributed by atoms with Crippen LogP contribution in [0.25, 0.3) is 11.1 Å². The van der Waals surface area contributed by atoms with Crippen LogP contribution in [-0.4, -0.2) is 49.4 Å². The molecule has 0 radical (unpaired) electrons. The lowest BCUT2D eigenvalue weighted by Crippen LogP contribution is -2.37. The van der Waals surface area contributed by atoms with E-state index < -0.39 is 5.97 Å². The third-order valence-electron chi connectivity index (χ3n) is 4.75. The number of nitrogens with zero attached hydrogens (tertiary/aromatic N) is 1. The van der Waals surface area contributed by atoms with Crippen molar-refractivity contribution in [1.29, 1.82) is 0 Å². The summed E-state index contributed by atoms with van der Waals surface area (Å²) in [6.07, 6.45) is 0. The van der Waals surface area contributed by atoms with E-state index in [-0.39, 0.29) is 5.56 Å². The molecule has 0 bridgehead atoms. The highest BCUT2D eigenvalue weighted by Crippen LogP contribution is 2.29. The molecular formula is C20H23NO4. The molecule has 0 spiro atoms. The predicted molar refractivity (Wildman–Crippen MR) is 96.2 cm³/mol. The first kappa shape index (κ1) is 17.5.